The van der Waals surface area contributed by atoms with Crippen LogP contribution in [0.1, 0.15) is 11.3 Å². The number of aryl methyl sites for hydroxylation is 2. The molecule has 3 aromatic rings. The normalized spacial score (nSPS) is 11.3. The maximum Gasteiger partial charge on any atom is 0.404 e. The van der Waals surface area contributed by atoms with Crippen LogP contribution in [0.2, 0.25) is 0 Å². The van der Waals surface area contributed by atoms with Gasteiger partial charge in [0, 0.05) is 16.6 Å². The number of thiophene rings is 1. The standard InChI is InChI=1S/C14H15N3O2S/c1-8-4-3-5-10-11-13(20-12(8)10)9(2)17(16-11)7-6-15-14(18)19/h3-5,15H,6-7H2,1-2H3,(H,18,19). The molecular weight excluding hydrogens is 274 g/mol. The zero-order valence-corrected chi connectivity index (χ0v) is 12.1. The lowest BCUT2D eigenvalue weighted by Gasteiger charge is -2.04. The molecule has 1 amide bonds. The van der Waals surface area contributed by atoms with Crippen molar-refractivity contribution in [3.05, 3.63) is 29.5 Å². The number of hydrogen-bond acceptors (Lipinski definition) is 3. The van der Waals surface area contributed by atoms with Crippen LogP contribution in [0.3, 0.4) is 0 Å². The first-order valence-corrected chi connectivity index (χ1v) is 7.21. The van der Waals surface area contributed by atoms with Crippen LogP contribution < -0.4 is 5.32 Å². The number of carbonyl (C=O) groups is 1. The monoisotopic (exact) mass is 289 g/mol. The number of hydrogen-bond donors (Lipinski definition) is 2. The minimum Gasteiger partial charge on any atom is -0.465 e. The maximum atomic E-state index is 10.5. The van der Waals surface area contributed by atoms with Crippen LogP contribution >= 0.6 is 11.3 Å². The van der Waals surface area contributed by atoms with E-state index in [1.807, 2.05) is 17.7 Å². The van der Waals surface area contributed by atoms with Crippen molar-refractivity contribution in [3.63, 3.8) is 0 Å². The second-order valence-corrected chi connectivity index (χ2v) is 5.79. The smallest absolute Gasteiger partial charge is 0.404 e. The lowest BCUT2D eigenvalue weighted by molar-refractivity contribution is 0.194. The summed E-state index contributed by atoms with van der Waals surface area (Å²) in [4.78, 5) is 10.5. The van der Waals surface area contributed by atoms with E-state index in [0.29, 0.717) is 13.1 Å². The minimum atomic E-state index is -1.00. The molecule has 6 heteroatoms. The Kier molecular flexibility index (Phi) is 3.10. The summed E-state index contributed by atoms with van der Waals surface area (Å²) >= 11 is 1.76. The molecule has 104 valence electrons. The Balaban J connectivity index is 2.02. The highest BCUT2D eigenvalue weighted by Gasteiger charge is 2.14. The van der Waals surface area contributed by atoms with Gasteiger partial charge in [-0.05, 0) is 19.4 Å². The Bertz CT molecular complexity index is 804. The third-order valence-electron chi connectivity index (χ3n) is 3.42. The molecule has 20 heavy (non-hydrogen) atoms. The lowest BCUT2D eigenvalue weighted by Crippen LogP contribution is -2.25. The number of rotatable bonds is 3. The molecule has 0 saturated heterocycles. The van der Waals surface area contributed by atoms with Crippen LogP contribution in [0.5, 0.6) is 0 Å². The number of aromatic nitrogens is 2. The van der Waals surface area contributed by atoms with Crippen molar-refractivity contribution in [2.24, 2.45) is 0 Å². The number of nitrogens with zero attached hydrogens (tertiary/aromatic N) is 2. The second kappa shape index (κ2) is 4.79. The first kappa shape index (κ1) is 12.9. The maximum absolute atomic E-state index is 10.5. The molecule has 0 unspecified atom stereocenters. The first-order valence-electron chi connectivity index (χ1n) is 6.40. The highest BCUT2D eigenvalue weighted by molar-refractivity contribution is 7.26. The van der Waals surface area contributed by atoms with Crippen LogP contribution in [-0.4, -0.2) is 27.5 Å². The first-order chi connectivity index (χ1) is 9.58. The van der Waals surface area contributed by atoms with E-state index in [0.717, 1.165) is 11.2 Å². The molecule has 5 nitrogen and oxygen atoms in total. The van der Waals surface area contributed by atoms with Gasteiger partial charge in [0.15, 0.2) is 0 Å². The van der Waals surface area contributed by atoms with Crippen LogP contribution in [0.4, 0.5) is 4.79 Å². The summed E-state index contributed by atoms with van der Waals surface area (Å²) in [5.74, 6) is 0. The predicted molar refractivity (Wildman–Crippen MR) is 80.6 cm³/mol. The largest absolute Gasteiger partial charge is 0.465 e. The van der Waals surface area contributed by atoms with Gasteiger partial charge < -0.3 is 10.4 Å². The van der Waals surface area contributed by atoms with E-state index >= 15 is 0 Å². The van der Waals surface area contributed by atoms with Gasteiger partial charge in [0.1, 0.15) is 5.52 Å². The van der Waals surface area contributed by atoms with Crippen molar-refractivity contribution < 1.29 is 9.90 Å². The summed E-state index contributed by atoms with van der Waals surface area (Å²) < 4.78 is 4.34. The Morgan fingerprint density at radius 3 is 2.95 bits per heavy atom. The highest BCUT2D eigenvalue weighted by Crippen LogP contribution is 2.36. The van der Waals surface area contributed by atoms with E-state index in [-0.39, 0.29) is 0 Å². The fraction of sp³-hybridized carbons (Fsp3) is 0.286. The van der Waals surface area contributed by atoms with Crippen LogP contribution in [0, 0.1) is 13.8 Å². The van der Waals surface area contributed by atoms with Crippen molar-refractivity contribution in [2.75, 3.05) is 6.54 Å². The summed E-state index contributed by atoms with van der Waals surface area (Å²) in [6.07, 6.45) is -1.00. The van der Waals surface area contributed by atoms with Gasteiger partial charge in [-0.2, -0.15) is 5.10 Å². The summed E-state index contributed by atoms with van der Waals surface area (Å²) in [6, 6.07) is 6.25. The Labute approximate surface area is 119 Å². The number of carboxylic acid groups (broad SMARTS) is 1. The molecule has 0 aliphatic carbocycles. The molecule has 0 saturated carbocycles. The van der Waals surface area contributed by atoms with Crippen molar-refractivity contribution >= 4 is 37.7 Å². The molecule has 1 aromatic carbocycles. The van der Waals surface area contributed by atoms with Gasteiger partial charge in [0.05, 0.1) is 16.9 Å². The number of fused-ring (bicyclic) bond motifs is 3. The van der Waals surface area contributed by atoms with E-state index < -0.39 is 6.09 Å². The van der Waals surface area contributed by atoms with Gasteiger partial charge in [0.2, 0.25) is 0 Å². The van der Waals surface area contributed by atoms with Crippen molar-refractivity contribution in [1.82, 2.24) is 15.1 Å². The third-order valence-corrected chi connectivity index (χ3v) is 4.86. The van der Waals surface area contributed by atoms with Gasteiger partial charge >= 0.3 is 6.09 Å². The fourth-order valence-electron chi connectivity index (χ4n) is 2.39. The molecule has 2 N–H and O–H groups in total. The molecule has 0 spiro atoms. The van der Waals surface area contributed by atoms with Crippen molar-refractivity contribution in [1.29, 1.82) is 0 Å². The molecule has 0 bridgehead atoms. The molecule has 0 fully saturated rings. The Hall–Kier alpha value is -2.08. The summed E-state index contributed by atoms with van der Waals surface area (Å²) in [7, 11) is 0. The summed E-state index contributed by atoms with van der Waals surface area (Å²) in [5.41, 5.74) is 3.37. The topological polar surface area (TPSA) is 67.2 Å². The van der Waals surface area contributed by atoms with Crippen LogP contribution in [0.15, 0.2) is 18.2 Å². The van der Waals surface area contributed by atoms with Gasteiger partial charge in [0.25, 0.3) is 0 Å². The third kappa shape index (κ3) is 2.02. The molecule has 0 aliphatic rings. The van der Waals surface area contributed by atoms with Gasteiger partial charge in [-0.15, -0.1) is 11.3 Å². The Morgan fingerprint density at radius 1 is 1.40 bits per heavy atom. The SMILES string of the molecule is Cc1cccc2c1sc1c(C)n(CCNC(=O)O)nc12. The number of benzene rings is 1. The zero-order chi connectivity index (χ0) is 14.3. The molecule has 3 rings (SSSR count). The summed E-state index contributed by atoms with van der Waals surface area (Å²) in [5, 5.41) is 16.8. The quantitative estimate of drug-likeness (QED) is 0.778. The molecule has 0 atom stereocenters. The average molecular weight is 289 g/mol. The fourth-order valence-corrected chi connectivity index (χ4v) is 3.60. The van der Waals surface area contributed by atoms with Crippen molar-refractivity contribution in [3.8, 4) is 0 Å². The van der Waals surface area contributed by atoms with Crippen LogP contribution in [-0.2, 0) is 6.54 Å². The highest BCUT2D eigenvalue weighted by atomic mass is 32.1. The van der Waals surface area contributed by atoms with E-state index in [2.05, 4.69) is 29.5 Å². The molecule has 2 aromatic heterocycles. The summed E-state index contributed by atoms with van der Waals surface area (Å²) in [6.45, 7) is 5.05. The molecule has 2 heterocycles. The molecule has 0 radical (unpaired) electrons. The van der Waals surface area contributed by atoms with Gasteiger partial charge in [-0.3, -0.25) is 4.68 Å². The average Bonchev–Trinajstić information content (AvgIpc) is 2.90. The van der Waals surface area contributed by atoms with E-state index in [9.17, 15) is 4.79 Å². The molecule has 0 aliphatic heterocycles. The number of amides is 1. The van der Waals surface area contributed by atoms with E-state index in [1.165, 1.54) is 20.3 Å². The lowest BCUT2D eigenvalue weighted by atomic mass is 10.2. The second-order valence-electron chi connectivity index (χ2n) is 4.77. The Morgan fingerprint density at radius 2 is 2.20 bits per heavy atom. The number of nitrogens with one attached hydrogen (secondary N) is 1. The van der Waals surface area contributed by atoms with Gasteiger partial charge in [-0.25, -0.2) is 4.79 Å². The van der Waals surface area contributed by atoms with E-state index in [1.54, 1.807) is 11.3 Å². The van der Waals surface area contributed by atoms with Crippen molar-refractivity contribution in [2.45, 2.75) is 20.4 Å². The van der Waals surface area contributed by atoms with Gasteiger partial charge in [-0.1, -0.05) is 18.2 Å². The zero-order valence-electron chi connectivity index (χ0n) is 11.3. The van der Waals surface area contributed by atoms with E-state index in [4.69, 9.17) is 5.11 Å². The minimum absolute atomic E-state index is 0.363. The predicted octanol–water partition coefficient (Wildman–Crippen LogP) is 3.14. The molecular formula is C14H15N3O2S. The van der Waals surface area contributed by atoms with Crippen LogP contribution in [0.25, 0.3) is 20.3 Å².